The standard InChI is InChI=1S/C16H24N2O2S/c1-3-21-14-10-6-9-13(15(14)16(17)18-19)20-12-8-5-4-7-11(12)2/h6,9-12,19H,3-5,7-8H2,1-2H3,(H2,17,18). The van der Waals surface area contributed by atoms with Gasteiger partial charge in [-0.1, -0.05) is 31.5 Å². The summed E-state index contributed by atoms with van der Waals surface area (Å²) in [6, 6.07) is 5.86. The zero-order valence-corrected chi connectivity index (χ0v) is 13.5. The minimum Gasteiger partial charge on any atom is -0.489 e. The maximum absolute atomic E-state index is 9.06. The number of benzene rings is 1. The van der Waals surface area contributed by atoms with E-state index in [2.05, 4.69) is 19.0 Å². The fraction of sp³-hybridized carbons (Fsp3) is 0.562. The number of rotatable bonds is 5. The third-order valence-electron chi connectivity index (χ3n) is 3.96. The lowest BCUT2D eigenvalue weighted by molar-refractivity contribution is 0.102. The Morgan fingerprint density at radius 2 is 2.19 bits per heavy atom. The van der Waals surface area contributed by atoms with Crippen LogP contribution in [0.25, 0.3) is 0 Å². The van der Waals surface area contributed by atoms with Crippen LogP contribution in [0.15, 0.2) is 28.3 Å². The molecule has 1 saturated carbocycles. The van der Waals surface area contributed by atoms with Crippen molar-refractivity contribution >= 4 is 17.6 Å². The van der Waals surface area contributed by atoms with Crippen LogP contribution in [0.2, 0.25) is 0 Å². The molecule has 3 N–H and O–H groups in total. The summed E-state index contributed by atoms with van der Waals surface area (Å²) < 4.78 is 6.22. The molecule has 0 radical (unpaired) electrons. The summed E-state index contributed by atoms with van der Waals surface area (Å²) in [6.45, 7) is 4.31. The molecule has 1 fully saturated rings. The van der Waals surface area contributed by atoms with E-state index in [1.165, 1.54) is 19.3 Å². The third kappa shape index (κ3) is 3.84. The van der Waals surface area contributed by atoms with E-state index >= 15 is 0 Å². The van der Waals surface area contributed by atoms with Gasteiger partial charge in [-0.2, -0.15) is 0 Å². The van der Waals surface area contributed by atoms with Crippen LogP contribution in [0.4, 0.5) is 0 Å². The van der Waals surface area contributed by atoms with Crippen LogP contribution in [0.5, 0.6) is 5.75 Å². The largest absolute Gasteiger partial charge is 0.489 e. The summed E-state index contributed by atoms with van der Waals surface area (Å²) in [4.78, 5) is 0.994. The predicted molar refractivity (Wildman–Crippen MR) is 87.4 cm³/mol. The Labute approximate surface area is 130 Å². The van der Waals surface area contributed by atoms with Crippen LogP contribution < -0.4 is 10.5 Å². The highest BCUT2D eigenvalue weighted by Crippen LogP contribution is 2.34. The van der Waals surface area contributed by atoms with E-state index in [0.29, 0.717) is 11.5 Å². The average molecular weight is 308 g/mol. The predicted octanol–water partition coefficient (Wildman–Crippen LogP) is 3.85. The molecule has 0 heterocycles. The van der Waals surface area contributed by atoms with Crippen molar-refractivity contribution < 1.29 is 9.94 Å². The second-order valence-corrected chi connectivity index (χ2v) is 6.77. The molecule has 0 aliphatic heterocycles. The van der Waals surface area contributed by atoms with E-state index < -0.39 is 0 Å². The van der Waals surface area contributed by atoms with Crippen LogP contribution in [-0.4, -0.2) is 22.9 Å². The van der Waals surface area contributed by atoms with Crippen LogP contribution >= 0.6 is 11.8 Å². The summed E-state index contributed by atoms with van der Waals surface area (Å²) in [5, 5.41) is 12.2. The molecule has 0 saturated heterocycles. The lowest BCUT2D eigenvalue weighted by atomic mass is 9.88. The summed E-state index contributed by atoms with van der Waals surface area (Å²) in [5.74, 6) is 2.31. The summed E-state index contributed by atoms with van der Waals surface area (Å²) in [5.41, 5.74) is 6.59. The molecule has 1 aliphatic rings. The molecule has 0 aromatic heterocycles. The lowest BCUT2D eigenvalue weighted by Gasteiger charge is -2.30. The van der Waals surface area contributed by atoms with E-state index in [-0.39, 0.29) is 11.9 Å². The number of hydrogen-bond donors (Lipinski definition) is 2. The van der Waals surface area contributed by atoms with E-state index in [0.717, 1.165) is 22.8 Å². The summed E-state index contributed by atoms with van der Waals surface area (Å²) in [6.07, 6.45) is 4.97. The average Bonchev–Trinajstić information content (AvgIpc) is 2.49. The topological polar surface area (TPSA) is 67.8 Å². The molecule has 4 nitrogen and oxygen atoms in total. The molecule has 116 valence electrons. The smallest absolute Gasteiger partial charge is 0.174 e. The first-order chi connectivity index (χ1) is 10.2. The van der Waals surface area contributed by atoms with Crippen molar-refractivity contribution in [1.29, 1.82) is 0 Å². The van der Waals surface area contributed by atoms with Gasteiger partial charge >= 0.3 is 0 Å². The Hall–Kier alpha value is -1.36. The van der Waals surface area contributed by atoms with E-state index in [1.807, 2.05) is 18.2 Å². The quantitative estimate of drug-likeness (QED) is 0.285. The van der Waals surface area contributed by atoms with Gasteiger partial charge in [-0.25, -0.2) is 0 Å². The van der Waals surface area contributed by atoms with Crippen molar-refractivity contribution in [2.45, 2.75) is 50.5 Å². The first-order valence-corrected chi connectivity index (χ1v) is 8.56. The molecule has 2 unspecified atom stereocenters. The second kappa shape index (κ2) is 7.59. The lowest BCUT2D eigenvalue weighted by Crippen LogP contribution is -2.29. The SMILES string of the molecule is CCSc1cccc(OC2CCCCC2C)c1/C(N)=N/O. The van der Waals surface area contributed by atoms with E-state index in [9.17, 15) is 0 Å². The molecule has 1 aliphatic carbocycles. The van der Waals surface area contributed by atoms with Gasteiger partial charge in [0.2, 0.25) is 0 Å². The minimum atomic E-state index is 0.116. The molecule has 1 aromatic rings. The monoisotopic (exact) mass is 308 g/mol. The van der Waals surface area contributed by atoms with Gasteiger partial charge in [0.1, 0.15) is 11.9 Å². The maximum atomic E-state index is 9.06. The number of nitrogens with two attached hydrogens (primary N) is 1. The molecule has 1 aromatic carbocycles. The van der Waals surface area contributed by atoms with Gasteiger partial charge in [-0.15, -0.1) is 11.8 Å². The number of thioether (sulfide) groups is 1. The van der Waals surface area contributed by atoms with Gasteiger partial charge in [-0.05, 0) is 43.1 Å². The molecule has 5 heteroatoms. The maximum Gasteiger partial charge on any atom is 0.174 e. The van der Waals surface area contributed by atoms with Crippen LogP contribution in [0.1, 0.15) is 45.1 Å². The van der Waals surface area contributed by atoms with Gasteiger partial charge in [0, 0.05) is 4.90 Å². The molecular weight excluding hydrogens is 284 g/mol. The third-order valence-corrected chi connectivity index (χ3v) is 4.90. The van der Waals surface area contributed by atoms with E-state index in [4.69, 9.17) is 15.7 Å². The fourth-order valence-corrected chi connectivity index (χ4v) is 3.64. The first-order valence-electron chi connectivity index (χ1n) is 7.57. The summed E-state index contributed by atoms with van der Waals surface area (Å²) >= 11 is 1.67. The molecule has 0 amide bonds. The molecule has 2 atom stereocenters. The number of hydrogen-bond acceptors (Lipinski definition) is 4. The Morgan fingerprint density at radius 3 is 2.86 bits per heavy atom. The Balaban J connectivity index is 2.31. The van der Waals surface area contributed by atoms with Gasteiger partial charge in [0.25, 0.3) is 0 Å². The zero-order chi connectivity index (χ0) is 15.2. The normalized spacial score (nSPS) is 23.0. The van der Waals surface area contributed by atoms with Gasteiger partial charge in [-0.3, -0.25) is 0 Å². The van der Waals surface area contributed by atoms with Gasteiger partial charge < -0.3 is 15.7 Å². The number of amidine groups is 1. The van der Waals surface area contributed by atoms with Crippen molar-refractivity contribution in [3.63, 3.8) is 0 Å². The number of ether oxygens (including phenoxy) is 1. The zero-order valence-electron chi connectivity index (χ0n) is 12.7. The Morgan fingerprint density at radius 1 is 1.43 bits per heavy atom. The van der Waals surface area contributed by atoms with Crippen LogP contribution in [-0.2, 0) is 0 Å². The van der Waals surface area contributed by atoms with E-state index in [1.54, 1.807) is 11.8 Å². The van der Waals surface area contributed by atoms with Crippen LogP contribution in [0, 0.1) is 5.92 Å². The van der Waals surface area contributed by atoms with Crippen molar-refractivity contribution in [2.24, 2.45) is 16.8 Å². The second-order valence-electron chi connectivity index (χ2n) is 5.47. The van der Waals surface area contributed by atoms with Gasteiger partial charge in [0.15, 0.2) is 5.84 Å². The molecule has 2 rings (SSSR count). The van der Waals surface area contributed by atoms with Crippen molar-refractivity contribution in [1.82, 2.24) is 0 Å². The molecule has 21 heavy (non-hydrogen) atoms. The van der Waals surface area contributed by atoms with Gasteiger partial charge in [0.05, 0.1) is 5.56 Å². The van der Waals surface area contributed by atoms with Crippen molar-refractivity contribution in [2.75, 3.05) is 5.75 Å². The molecule has 0 spiro atoms. The minimum absolute atomic E-state index is 0.116. The Bertz CT molecular complexity index is 505. The fourth-order valence-electron chi connectivity index (χ4n) is 2.81. The highest BCUT2D eigenvalue weighted by Gasteiger charge is 2.25. The Kier molecular flexibility index (Phi) is 5.79. The molecular formula is C16H24N2O2S. The highest BCUT2D eigenvalue weighted by atomic mass is 32.2. The highest BCUT2D eigenvalue weighted by molar-refractivity contribution is 7.99. The first kappa shape index (κ1) is 16.0. The number of oxime groups is 1. The number of nitrogens with zero attached hydrogens (tertiary/aromatic N) is 1. The molecule has 0 bridgehead atoms. The van der Waals surface area contributed by atoms with Crippen molar-refractivity contribution in [3.05, 3.63) is 23.8 Å². The van der Waals surface area contributed by atoms with Crippen LogP contribution in [0.3, 0.4) is 0 Å². The van der Waals surface area contributed by atoms with Crippen molar-refractivity contribution in [3.8, 4) is 5.75 Å². The summed E-state index contributed by atoms with van der Waals surface area (Å²) in [7, 11) is 0.